The number of carbonyl (C=O) groups excluding carboxylic acids is 1. The summed E-state index contributed by atoms with van der Waals surface area (Å²) >= 11 is 2.93. The number of amides is 1. The molecule has 0 unspecified atom stereocenters. The molecule has 0 atom stereocenters. The van der Waals surface area contributed by atoms with E-state index < -0.39 is 5.91 Å². The van der Waals surface area contributed by atoms with Gasteiger partial charge in [-0.25, -0.2) is 9.37 Å². The molecule has 136 valence electrons. The first-order chi connectivity index (χ1) is 12.5. The molecule has 8 heteroatoms. The minimum absolute atomic E-state index is 0.284. The second kappa shape index (κ2) is 6.94. The molecule has 3 N–H and O–H groups in total. The monoisotopic (exact) mass is 390 g/mol. The molecule has 3 aromatic rings. The Bertz CT molecular complexity index is 981. The smallest absolute Gasteiger partial charge is 0.251 e. The number of rotatable bonds is 5. The van der Waals surface area contributed by atoms with E-state index in [1.165, 1.54) is 28.3 Å². The predicted molar refractivity (Wildman–Crippen MR) is 105 cm³/mol. The van der Waals surface area contributed by atoms with Gasteiger partial charge in [-0.3, -0.25) is 9.69 Å². The maximum absolute atomic E-state index is 13.4. The Balaban J connectivity index is 1.68. The first-order valence-corrected chi connectivity index (χ1v) is 10.2. The van der Waals surface area contributed by atoms with Gasteiger partial charge in [-0.15, -0.1) is 11.3 Å². The van der Waals surface area contributed by atoms with Crippen molar-refractivity contribution in [2.24, 2.45) is 5.73 Å². The normalized spacial score (nSPS) is 14.5. The summed E-state index contributed by atoms with van der Waals surface area (Å²) in [5, 5.41) is 4.62. The van der Waals surface area contributed by atoms with E-state index in [1.807, 2.05) is 0 Å². The van der Waals surface area contributed by atoms with Crippen molar-refractivity contribution in [1.82, 2.24) is 9.88 Å². The SMILES string of the molecule is CCCN1CCc2c(sc(Nc3nc4ccc(F)cc4s3)c2C(N)=O)C1. The number of carbonyl (C=O) groups is 1. The van der Waals surface area contributed by atoms with Gasteiger partial charge in [-0.2, -0.15) is 0 Å². The number of anilines is 2. The summed E-state index contributed by atoms with van der Waals surface area (Å²) in [6.45, 7) is 5.01. The van der Waals surface area contributed by atoms with E-state index in [4.69, 9.17) is 5.73 Å². The zero-order valence-corrected chi connectivity index (χ0v) is 16.0. The Labute approximate surface area is 158 Å². The topological polar surface area (TPSA) is 71.2 Å². The van der Waals surface area contributed by atoms with E-state index in [2.05, 4.69) is 22.1 Å². The number of hydrogen-bond donors (Lipinski definition) is 2. The maximum Gasteiger partial charge on any atom is 0.251 e. The van der Waals surface area contributed by atoms with Gasteiger partial charge in [0.1, 0.15) is 10.8 Å². The number of aromatic nitrogens is 1. The van der Waals surface area contributed by atoms with Gasteiger partial charge < -0.3 is 11.1 Å². The van der Waals surface area contributed by atoms with E-state index in [1.54, 1.807) is 17.4 Å². The molecule has 0 bridgehead atoms. The van der Waals surface area contributed by atoms with E-state index >= 15 is 0 Å². The van der Waals surface area contributed by atoms with Gasteiger partial charge in [-0.1, -0.05) is 18.3 Å². The van der Waals surface area contributed by atoms with Crippen molar-refractivity contribution in [3.8, 4) is 0 Å². The molecule has 1 aliphatic rings. The molecule has 26 heavy (non-hydrogen) atoms. The Morgan fingerprint density at radius 3 is 3.04 bits per heavy atom. The summed E-state index contributed by atoms with van der Waals surface area (Å²) in [5.74, 6) is -0.700. The van der Waals surface area contributed by atoms with Gasteiger partial charge >= 0.3 is 0 Å². The maximum atomic E-state index is 13.4. The van der Waals surface area contributed by atoms with Gasteiger partial charge in [0.05, 0.1) is 15.8 Å². The number of thiophene rings is 1. The molecule has 1 aliphatic heterocycles. The molecular weight excluding hydrogens is 371 g/mol. The lowest BCUT2D eigenvalue weighted by atomic mass is 10.0. The third kappa shape index (κ3) is 3.20. The van der Waals surface area contributed by atoms with Crippen LogP contribution in [0.4, 0.5) is 14.5 Å². The van der Waals surface area contributed by atoms with Crippen molar-refractivity contribution in [3.63, 3.8) is 0 Å². The first kappa shape index (κ1) is 17.4. The molecule has 0 saturated carbocycles. The fourth-order valence-corrected chi connectivity index (χ4v) is 5.62. The molecule has 0 radical (unpaired) electrons. The number of hydrogen-bond acceptors (Lipinski definition) is 6. The summed E-state index contributed by atoms with van der Waals surface area (Å²) in [5.41, 5.74) is 8.04. The molecule has 1 amide bonds. The van der Waals surface area contributed by atoms with Crippen molar-refractivity contribution in [2.45, 2.75) is 26.3 Å². The zero-order valence-electron chi connectivity index (χ0n) is 14.3. The molecule has 0 spiro atoms. The van der Waals surface area contributed by atoms with E-state index in [0.29, 0.717) is 10.7 Å². The van der Waals surface area contributed by atoms with Gasteiger partial charge in [-0.05, 0) is 43.1 Å². The number of thiazole rings is 1. The van der Waals surface area contributed by atoms with Crippen LogP contribution in [0.2, 0.25) is 0 Å². The van der Waals surface area contributed by atoms with Crippen LogP contribution in [-0.2, 0) is 13.0 Å². The number of nitrogens with one attached hydrogen (secondary N) is 1. The Morgan fingerprint density at radius 2 is 2.27 bits per heavy atom. The fraction of sp³-hybridized carbons (Fsp3) is 0.333. The van der Waals surface area contributed by atoms with Crippen molar-refractivity contribution in [3.05, 3.63) is 40.0 Å². The van der Waals surface area contributed by atoms with E-state index in [9.17, 15) is 9.18 Å². The quantitative estimate of drug-likeness (QED) is 0.688. The molecule has 1 aromatic carbocycles. The first-order valence-electron chi connectivity index (χ1n) is 8.55. The highest BCUT2D eigenvalue weighted by atomic mass is 32.1. The summed E-state index contributed by atoms with van der Waals surface area (Å²) in [6, 6.07) is 4.52. The third-order valence-electron chi connectivity index (χ3n) is 4.49. The van der Waals surface area contributed by atoms with Crippen LogP contribution in [0.5, 0.6) is 0 Å². The van der Waals surface area contributed by atoms with Crippen LogP contribution in [0.3, 0.4) is 0 Å². The molecule has 4 rings (SSSR count). The van der Waals surface area contributed by atoms with Crippen LogP contribution in [0.25, 0.3) is 10.2 Å². The molecule has 2 aromatic heterocycles. The second-order valence-corrected chi connectivity index (χ2v) is 8.49. The van der Waals surface area contributed by atoms with E-state index in [-0.39, 0.29) is 5.82 Å². The number of benzene rings is 1. The largest absolute Gasteiger partial charge is 0.365 e. The number of fused-ring (bicyclic) bond motifs is 2. The van der Waals surface area contributed by atoms with Gasteiger partial charge in [0.15, 0.2) is 5.13 Å². The minimum atomic E-state index is -0.416. The van der Waals surface area contributed by atoms with Crippen LogP contribution in [0, 0.1) is 5.82 Å². The Morgan fingerprint density at radius 1 is 1.42 bits per heavy atom. The fourth-order valence-electron chi connectivity index (χ4n) is 3.36. The van der Waals surface area contributed by atoms with Crippen molar-refractivity contribution in [2.75, 3.05) is 18.4 Å². The van der Waals surface area contributed by atoms with Crippen LogP contribution in [-0.4, -0.2) is 28.9 Å². The number of halogens is 1. The van der Waals surface area contributed by atoms with Crippen molar-refractivity contribution < 1.29 is 9.18 Å². The number of nitrogens with two attached hydrogens (primary N) is 1. The van der Waals surface area contributed by atoms with Crippen LogP contribution >= 0.6 is 22.7 Å². The average molecular weight is 391 g/mol. The minimum Gasteiger partial charge on any atom is -0.365 e. The van der Waals surface area contributed by atoms with Crippen molar-refractivity contribution >= 4 is 48.9 Å². The predicted octanol–water partition coefficient (Wildman–Crippen LogP) is 4.11. The third-order valence-corrected chi connectivity index (χ3v) is 6.56. The van der Waals surface area contributed by atoms with Crippen molar-refractivity contribution in [1.29, 1.82) is 0 Å². The Hall–Kier alpha value is -2.03. The highest BCUT2D eigenvalue weighted by Gasteiger charge is 2.27. The zero-order chi connectivity index (χ0) is 18.3. The average Bonchev–Trinajstić information content (AvgIpc) is 3.14. The second-order valence-electron chi connectivity index (χ2n) is 6.35. The summed E-state index contributed by atoms with van der Waals surface area (Å²) in [4.78, 5) is 20.1. The number of primary amides is 1. The molecule has 3 heterocycles. The lowest BCUT2D eigenvalue weighted by Crippen LogP contribution is -2.31. The van der Waals surface area contributed by atoms with Gasteiger partial charge in [0.25, 0.3) is 5.91 Å². The lowest BCUT2D eigenvalue weighted by Gasteiger charge is -2.26. The molecule has 0 aliphatic carbocycles. The Kier molecular flexibility index (Phi) is 4.64. The number of nitrogens with zero attached hydrogens (tertiary/aromatic N) is 2. The lowest BCUT2D eigenvalue weighted by molar-refractivity contribution is 0.1000. The summed E-state index contributed by atoms with van der Waals surface area (Å²) in [6.07, 6.45) is 1.94. The highest BCUT2D eigenvalue weighted by molar-refractivity contribution is 7.23. The standard InChI is InChI=1S/C18H19FN4OS2/c1-2-6-23-7-5-11-14(9-23)25-17(15(11)16(20)24)22-18-21-12-4-3-10(19)8-13(12)26-18/h3-4,8H,2,5-7,9H2,1H3,(H2,20,24)(H,21,22). The van der Waals surface area contributed by atoms with Crippen LogP contribution in [0.1, 0.15) is 34.1 Å². The highest BCUT2D eigenvalue weighted by Crippen LogP contribution is 2.39. The molecule has 0 saturated heterocycles. The van der Waals surface area contributed by atoms with Gasteiger partial charge in [0, 0.05) is 18.0 Å². The molecular formula is C18H19FN4OS2. The van der Waals surface area contributed by atoms with Crippen LogP contribution < -0.4 is 11.1 Å². The van der Waals surface area contributed by atoms with Crippen LogP contribution in [0.15, 0.2) is 18.2 Å². The summed E-state index contributed by atoms with van der Waals surface area (Å²) in [7, 11) is 0. The molecule has 0 fully saturated rings. The van der Waals surface area contributed by atoms with Gasteiger partial charge in [0.2, 0.25) is 0 Å². The summed E-state index contributed by atoms with van der Waals surface area (Å²) < 4.78 is 14.2. The van der Waals surface area contributed by atoms with E-state index in [0.717, 1.165) is 53.3 Å². The molecule has 5 nitrogen and oxygen atoms in total.